The SMILES string of the molecule is CC[C@@]1(O)C(=O)OCc2c1cc1n(c2=O)Cc2c-1nc1cc(F)c(OC(N)=O)c3c1c2CCO3. The van der Waals surface area contributed by atoms with Gasteiger partial charge in [-0.15, -0.1) is 0 Å². The second-order valence-corrected chi connectivity index (χ2v) is 8.45. The van der Waals surface area contributed by atoms with Gasteiger partial charge in [-0.1, -0.05) is 6.92 Å². The van der Waals surface area contributed by atoms with Crippen LogP contribution in [0.2, 0.25) is 0 Å². The number of cyclic esters (lactones) is 1. The highest BCUT2D eigenvalue weighted by atomic mass is 19.1. The number of fused-ring (bicyclic) bond motifs is 5. The Balaban J connectivity index is 1.64. The van der Waals surface area contributed by atoms with E-state index < -0.39 is 34.8 Å². The number of benzene rings is 1. The fourth-order valence-corrected chi connectivity index (χ4v) is 5.12. The Morgan fingerprint density at radius 2 is 2.09 bits per heavy atom. The van der Waals surface area contributed by atoms with E-state index in [2.05, 4.69) is 4.98 Å². The van der Waals surface area contributed by atoms with Crippen LogP contribution in [0.15, 0.2) is 16.9 Å². The molecular weight excluding hydrogens is 449 g/mol. The topological polar surface area (TPSA) is 143 Å². The molecule has 0 unspecified atom stereocenters. The molecule has 0 radical (unpaired) electrons. The van der Waals surface area contributed by atoms with Crippen LogP contribution >= 0.6 is 0 Å². The first-order valence-electron chi connectivity index (χ1n) is 10.7. The maximum atomic E-state index is 14.8. The van der Waals surface area contributed by atoms with Crippen molar-refractivity contribution in [3.05, 3.63) is 50.6 Å². The van der Waals surface area contributed by atoms with Gasteiger partial charge < -0.3 is 29.6 Å². The molecule has 5 heterocycles. The Kier molecular flexibility index (Phi) is 4.10. The minimum absolute atomic E-state index is 0.0273. The molecule has 1 atom stereocenters. The summed E-state index contributed by atoms with van der Waals surface area (Å²) < 4.78 is 31.9. The lowest BCUT2D eigenvalue weighted by atomic mass is 9.86. The molecule has 2 aromatic heterocycles. The van der Waals surface area contributed by atoms with Crippen LogP contribution in [0, 0.1) is 5.82 Å². The Bertz CT molecular complexity index is 1530. The smallest absolute Gasteiger partial charge is 0.410 e. The van der Waals surface area contributed by atoms with E-state index in [1.807, 2.05) is 0 Å². The number of hydrogen-bond acceptors (Lipinski definition) is 8. The van der Waals surface area contributed by atoms with E-state index in [-0.39, 0.29) is 48.6 Å². The van der Waals surface area contributed by atoms with Crippen molar-refractivity contribution in [1.29, 1.82) is 0 Å². The molecule has 1 amide bonds. The lowest BCUT2D eigenvalue weighted by Gasteiger charge is -2.31. The second-order valence-electron chi connectivity index (χ2n) is 8.45. The van der Waals surface area contributed by atoms with Crippen molar-refractivity contribution >= 4 is 23.0 Å². The average Bonchev–Trinajstić information content (AvgIpc) is 3.18. The number of carbonyl (C=O) groups is 2. The molecule has 0 bridgehead atoms. The Morgan fingerprint density at radius 1 is 1.29 bits per heavy atom. The summed E-state index contributed by atoms with van der Waals surface area (Å²) in [6.07, 6.45) is -0.692. The molecule has 3 aliphatic rings. The van der Waals surface area contributed by atoms with E-state index in [0.29, 0.717) is 23.2 Å². The van der Waals surface area contributed by atoms with Crippen LogP contribution in [-0.4, -0.2) is 33.3 Å². The minimum Gasteiger partial charge on any atom is -0.488 e. The van der Waals surface area contributed by atoms with E-state index in [1.165, 1.54) is 4.57 Å². The van der Waals surface area contributed by atoms with Gasteiger partial charge in [0.25, 0.3) is 5.56 Å². The van der Waals surface area contributed by atoms with Gasteiger partial charge in [-0.25, -0.2) is 19.0 Å². The van der Waals surface area contributed by atoms with E-state index in [4.69, 9.17) is 19.9 Å². The quantitative estimate of drug-likeness (QED) is 0.423. The molecule has 0 spiro atoms. The number of aromatic nitrogens is 2. The summed E-state index contributed by atoms with van der Waals surface area (Å²) in [7, 11) is 0. The summed E-state index contributed by atoms with van der Waals surface area (Å²) in [5.41, 5.74) is 5.82. The van der Waals surface area contributed by atoms with Crippen molar-refractivity contribution in [2.24, 2.45) is 5.73 Å². The van der Waals surface area contributed by atoms with Crippen LogP contribution in [0.1, 0.15) is 35.6 Å². The summed E-state index contributed by atoms with van der Waals surface area (Å²) >= 11 is 0. The molecule has 0 aliphatic carbocycles. The van der Waals surface area contributed by atoms with Gasteiger partial charge in [0.1, 0.15) is 6.61 Å². The van der Waals surface area contributed by atoms with Gasteiger partial charge in [-0.05, 0) is 18.1 Å². The van der Waals surface area contributed by atoms with E-state index in [9.17, 15) is 23.9 Å². The van der Waals surface area contributed by atoms with Gasteiger partial charge >= 0.3 is 12.1 Å². The normalized spacial score (nSPS) is 19.7. The molecule has 3 aromatic rings. The van der Waals surface area contributed by atoms with Gasteiger partial charge in [0.2, 0.25) is 5.75 Å². The number of rotatable bonds is 2. The largest absolute Gasteiger partial charge is 0.488 e. The number of carbonyl (C=O) groups excluding carboxylic acids is 2. The van der Waals surface area contributed by atoms with Gasteiger partial charge in [0, 0.05) is 23.6 Å². The molecule has 34 heavy (non-hydrogen) atoms. The van der Waals surface area contributed by atoms with E-state index >= 15 is 0 Å². The molecule has 3 N–H and O–H groups in total. The van der Waals surface area contributed by atoms with Gasteiger partial charge in [-0.3, -0.25) is 4.79 Å². The summed E-state index contributed by atoms with van der Waals surface area (Å²) in [6.45, 7) is 1.78. The molecule has 11 heteroatoms. The Hall–Kier alpha value is -3.99. The monoisotopic (exact) mass is 467 g/mol. The van der Waals surface area contributed by atoms with Crippen molar-refractivity contribution in [3.8, 4) is 22.9 Å². The molecule has 174 valence electrons. The standard InChI is InChI=1S/C23H18FN3O7/c1-2-23(31)12-5-15-17-10(7-27(15)20(28)11(12)8-33-21(23)29)9-3-4-32-19-16(9)14(26-17)6-13(24)18(19)34-22(25)30/h5-6,31H,2-4,7-8H2,1H3,(H2,25,30)/t23-/m0/s1. The van der Waals surface area contributed by atoms with Crippen LogP contribution in [0.25, 0.3) is 22.3 Å². The van der Waals surface area contributed by atoms with Crippen LogP contribution in [0.5, 0.6) is 11.5 Å². The number of amides is 1. The third-order valence-corrected chi connectivity index (χ3v) is 6.76. The Morgan fingerprint density at radius 3 is 2.82 bits per heavy atom. The zero-order valence-corrected chi connectivity index (χ0v) is 17.9. The lowest BCUT2D eigenvalue weighted by molar-refractivity contribution is -0.172. The first-order chi connectivity index (χ1) is 16.2. The average molecular weight is 467 g/mol. The van der Waals surface area contributed by atoms with Crippen LogP contribution in [-0.2, 0) is 34.7 Å². The maximum absolute atomic E-state index is 14.8. The van der Waals surface area contributed by atoms with Gasteiger partial charge in [0.05, 0.1) is 41.0 Å². The minimum atomic E-state index is -1.94. The highest BCUT2D eigenvalue weighted by Gasteiger charge is 2.45. The first kappa shape index (κ1) is 20.6. The van der Waals surface area contributed by atoms with E-state index in [1.54, 1.807) is 13.0 Å². The van der Waals surface area contributed by atoms with Crippen molar-refractivity contribution in [2.45, 2.75) is 38.5 Å². The summed E-state index contributed by atoms with van der Waals surface area (Å²) in [5.74, 6) is -2.05. The molecule has 1 aromatic carbocycles. The maximum Gasteiger partial charge on any atom is 0.410 e. The number of nitrogens with two attached hydrogens (primary N) is 1. The third-order valence-electron chi connectivity index (χ3n) is 6.76. The predicted octanol–water partition coefficient (Wildman–Crippen LogP) is 1.61. The highest BCUT2D eigenvalue weighted by molar-refractivity contribution is 5.96. The van der Waals surface area contributed by atoms with Crippen LogP contribution in [0.3, 0.4) is 0 Å². The lowest BCUT2D eigenvalue weighted by Crippen LogP contribution is -2.44. The number of primary amides is 1. The molecule has 10 nitrogen and oxygen atoms in total. The molecule has 0 saturated heterocycles. The van der Waals surface area contributed by atoms with Crippen molar-refractivity contribution in [1.82, 2.24) is 9.55 Å². The van der Waals surface area contributed by atoms with Gasteiger partial charge in [0.15, 0.2) is 17.2 Å². The number of halogens is 1. The predicted molar refractivity (Wildman–Crippen MR) is 114 cm³/mol. The third kappa shape index (κ3) is 2.52. The molecule has 0 fully saturated rings. The zero-order chi connectivity index (χ0) is 23.9. The van der Waals surface area contributed by atoms with Crippen LogP contribution < -0.4 is 20.8 Å². The molecule has 3 aliphatic heterocycles. The number of pyridine rings is 2. The van der Waals surface area contributed by atoms with E-state index in [0.717, 1.165) is 17.2 Å². The number of ether oxygens (including phenoxy) is 3. The number of nitrogens with zero attached hydrogens (tertiary/aromatic N) is 2. The fourth-order valence-electron chi connectivity index (χ4n) is 5.12. The molecular formula is C23H18FN3O7. The summed E-state index contributed by atoms with van der Waals surface area (Å²) in [4.78, 5) is 41.6. The zero-order valence-electron chi connectivity index (χ0n) is 17.9. The van der Waals surface area contributed by atoms with Crippen molar-refractivity contribution < 1.29 is 33.3 Å². The molecule has 0 saturated carbocycles. The fraction of sp³-hybridized carbons (Fsp3) is 0.304. The van der Waals surface area contributed by atoms with Crippen molar-refractivity contribution in [3.63, 3.8) is 0 Å². The van der Waals surface area contributed by atoms with Crippen molar-refractivity contribution in [2.75, 3.05) is 6.61 Å². The highest BCUT2D eigenvalue weighted by Crippen LogP contribution is 2.46. The van der Waals surface area contributed by atoms with Gasteiger partial charge in [-0.2, -0.15) is 0 Å². The summed E-state index contributed by atoms with van der Waals surface area (Å²) in [5, 5.41) is 11.5. The van der Waals surface area contributed by atoms with Crippen LogP contribution in [0.4, 0.5) is 9.18 Å². The summed E-state index contributed by atoms with van der Waals surface area (Å²) in [6, 6.07) is 2.72. The number of aliphatic hydroxyl groups is 1. The first-order valence-corrected chi connectivity index (χ1v) is 10.7. The molecule has 6 rings (SSSR count). The number of esters is 1. The Labute approximate surface area is 190 Å². The number of hydrogen-bond donors (Lipinski definition) is 2. The second kappa shape index (κ2) is 6.76.